The fourth-order valence-electron chi connectivity index (χ4n) is 3.34. The van der Waals surface area contributed by atoms with Crippen LogP contribution in [0.25, 0.3) is 32.3 Å². The molecule has 0 radical (unpaired) electrons. The van der Waals surface area contributed by atoms with Gasteiger partial charge in [0, 0.05) is 0 Å². The van der Waals surface area contributed by atoms with Gasteiger partial charge in [-0.15, -0.1) is 0 Å². The second-order valence-electron chi connectivity index (χ2n) is 5.48. The van der Waals surface area contributed by atoms with Crippen LogP contribution in [-0.2, 0) is 6.42 Å². The van der Waals surface area contributed by atoms with Crippen molar-refractivity contribution in [1.82, 2.24) is 0 Å². The van der Waals surface area contributed by atoms with E-state index in [1.807, 2.05) is 0 Å². The first-order valence-electron chi connectivity index (χ1n) is 7.24. The third kappa shape index (κ3) is 1.60. The van der Waals surface area contributed by atoms with Gasteiger partial charge in [-0.2, -0.15) is 0 Å². The molecule has 4 aromatic carbocycles. The number of nitrogens with two attached hydrogens (primary N) is 1. The lowest BCUT2D eigenvalue weighted by atomic mass is 9.90. The lowest BCUT2D eigenvalue weighted by Gasteiger charge is -2.14. The molecule has 98 valence electrons. The zero-order chi connectivity index (χ0) is 13.5. The van der Waals surface area contributed by atoms with Crippen LogP contribution in [0.3, 0.4) is 0 Å². The first kappa shape index (κ1) is 11.7. The van der Waals surface area contributed by atoms with Crippen molar-refractivity contribution in [3.05, 3.63) is 60.2 Å². The highest BCUT2D eigenvalue weighted by molar-refractivity contribution is 6.23. The van der Waals surface area contributed by atoms with Crippen LogP contribution >= 0.6 is 0 Å². The molecule has 0 aromatic heterocycles. The largest absolute Gasteiger partial charge is 0.330 e. The summed E-state index contributed by atoms with van der Waals surface area (Å²) in [5.41, 5.74) is 7.11. The Morgan fingerprint density at radius 3 is 2.25 bits per heavy atom. The molecule has 0 amide bonds. The summed E-state index contributed by atoms with van der Waals surface area (Å²) in [5.74, 6) is 0. The van der Waals surface area contributed by atoms with Crippen LogP contribution in [0.5, 0.6) is 0 Å². The Hall–Kier alpha value is -2.12. The molecule has 0 aliphatic rings. The monoisotopic (exact) mass is 259 g/mol. The molecular weight excluding hydrogens is 242 g/mol. The number of hydrogen-bond donors (Lipinski definition) is 1. The first-order chi connectivity index (χ1) is 9.88. The maximum atomic E-state index is 5.69. The van der Waals surface area contributed by atoms with E-state index in [-0.39, 0.29) is 0 Å². The van der Waals surface area contributed by atoms with E-state index in [1.54, 1.807) is 0 Å². The molecule has 0 aliphatic heterocycles. The van der Waals surface area contributed by atoms with Crippen LogP contribution in [0.2, 0.25) is 0 Å². The zero-order valence-corrected chi connectivity index (χ0v) is 11.4. The normalized spacial score (nSPS) is 11.8. The van der Waals surface area contributed by atoms with Gasteiger partial charge in [0.2, 0.25) is 0 Å². The molecule has 4 aromatic rings. The van der Waals surface area contributed by atoms with E-state index in [0.717, 1.165) is 19.4 Å². The smallest absolute Gasteiger partial charge is 0.00240 e. The lowest BCUT2D eigenvalue weighted by Crippen LogP contribution is -2.01. The van der Waals surface area contributed by atoms with Crippen molar-refractivity contribution in [2.45, 2.75) is 12.8 Å². The molecule has 20 heavy (non-hydrogen) atoms. The summed E-state index contributed by atoms with van der Waals surface area (Å²) >= 11 is 0. The molecule has 0 heterocycles. The minimum absolute atomic E-state index is 0.749. The standard InChI is InChI=1S/C19H17N/c20-11-3-7-15-12-16-6-1-4-13-9-10-14-5-2-8-17(15)19(14)18(13)16/h1-2,4-6,8-10,12H,3,7,11,20H2. The summed E-state index contributed by atoms with van der Waals surface area (Å²) in [4.78, 5) is 0. The summed E-state index contributed by atoms with van der Waals surface area (Å²) in [6.07, 6.45) is 2.10. The highest BCUT2D eigenvalue weighted by Crippen LogP contribution is 2.36. The second-order valence-corrected chi connectivity index (χ2v) is 5.48. The average molecular weight is 259 g/mol. The van der Waals surface area contributed by atoms with Gasteiger partial charge in [-0.3, -0.25) is 0 Å². The van der Waals surface area contributed by atoms with E-state index in [1.165, 1.54) is 37.9 Å². The van der Waals surface area contributed by atoms with Crippen LogP contribution in [0.4, 0.5) is 0 Å². The highest BCUT2D eigenvalue weighted by Gasteiger charge is 2.10. The third-order valence-corrected chi connectivity index (χ3v) is 4.24. The molecule has 0 unspecified atom stereocenters. The van der Waals surface area contributed by atoms with Gasteiger partial charge in [-0.05, 0) is 57.3 Å². The fraction of sp³-hybridized carbons (Fsp3) is 0.158. The molecule has 0 saturated carbocycles. The average Bonchev–Trinajstić information content (AvgIpc) is 2.51. The number of aryl methyl sites for hydroxylation is 1. The van der Waals surface area contributed by atoms with Gasteiger partial charge >= 0.3 is 0 Å². The molecule has 2 N–H and O–H groups in total. The van der Waals surface area contributed by atoms with Crippen LogP contribution in [-0.4, -0.2) is 6.54 Å². The summed E-state index contributed by atoms with van der Waals surface area (Å²) < 4.78 is 0. The van der Waals surface area contributed by atoms with Crippen LogP contribution < -0.4 is 5.73 Å². The molecular formula is C19H17N. The summed E-state index contributed by atoms with van der Waals surface area (Å²) in [7, 11) is 0. The van der Waals surface area contributed by atoms with E-state index < -0.39 is 0 Å². The van der Waals surface area contributed by atoms with Crippen LogP contribution in [0.15, 0.2) is 54.6 Å². The van der Waals surface area contributed by atoms with Crippen molar-refractivity contribution in [3.63, 3.8) is 0 Å². The van der Waals surface area contributed by atoms with Gasteiger partial charge in [-0.1, -0.05) is 54.6 Å². The van der Waals surface area contributed by atoms with Crippen molar-refractivity contribution >= 4 is 32.3 Å². The van der Waals surface area contributed by atoms with Gasteiger partial charge in [0.05, 0.1) is 0 Å². The van der Waals surface area contributed by atoms with Crippen LogP contribution in [0.1, 0.15) is 12.0 Å². The Morgan fingerprint density at radius 1 is 0.750 bits per heavy atom. The van der Waals surface area contributed by atoms with Crippen molar-refractivity contribution in [2.75, 3.05) is 6.54 Å². The van der Waals surface area contributed by atoms with Gasteiger partial charge in [0.1, 0.15) is 0 Å². The predicted octanol–water partition coefficient (Wildman–Crippen LogP) is 4.48. The van der Waals surface area contributed by atoms with E-state index in [2.05, 4.69) is 54.6 Å². The maximum absolute atomic E-state index is 5.69. The third-order valence-electron chi connectivity index (χ3n) is 4.24. The summed E-state index contributed by atoms with van der Waals surface area (Å²) in [6, 6.07) is 20.0. The Kier molecular flexibility index (Phi) is 2.61. The SMILES string of the molecule is NCCCc1cc2cccc3ccc4cccc1c4c32. The van der Waals surface area contributed by atoms with E-state index in [9.17, 15) is 0 Å². The zero-order valence-electron chi connectivity index (χ0n) is 11.4. The minimum atomic E-state index is 0.749. The Morgan fingerprint density at radius 2 is 1.45 bits per heavy atom. The lowest BCUT2D eigenvalue weighted by molar-refractivity contribution is 0.838. The maximum Gasteiger partial charge on any atom is -0.00240 e. The first-order valence-corrected chi connectivity index (χ1v) is 7.24. The quantitative estimate of drug-likeness (QED) is 0.539. The molecule has 0 atom stereocenters. The van der Waals surface area contributed by atoms with E-state index >= 15 is 0 Å². The van der Waals surface area contributed by atoms with Gasteiger partial charge in [-0.25, -0.2) is 0 Å². The van der Waals surface area contributed by atoms with Crippen LogP contribution in [0, 0.1) is 0 Å². The number of rotatable bonds is 3. The predicted molar refractivity (Wildman–Crippen MR) is 87.5 cm³/mol. The molecule has 4 rings (SSSR count). The molecule has 0 bridgehead atoms. The number of hydrogen-bond acceptors (Lipinski definition) is 1. The summed E-state index contributed by atoms with van der Waals surface area (Å²) in [6.45, 7) is 0.749. The number of benzene rings is 4. The molecule has 1 heteroatoms. The Labute approximate surface area is 118 Å². The molecule has 0 saturated heterocycles. The summed E-state index contributed by atoms with van der Waals surface area (Å²) in [5, 5.41) is 8.21. The second kappa shape index (κ2) is 4.46. The molecule has 0 fully saturated rings. The Bertz CT molecular complexity index is 892. The van der Waals surface area contributed by atoms with Crippen molar-refractivity contribution < 1.29 is 0 Å². The Balaban J connectivity index is 2.18. The van der Waals surface area contributed by atoms with Gasteiger partial charge in [0.25, 0.3) is 0 Å². The fourth-order valence-corrected chi connectivity index (χ4v) is 3.34. The molecule has 0 aliphatic carbocycles. The molecule has 1 nitrogen and oxygen atoms in total. The van der Waals surface area contributed by atoms with Gasteiger partial charge in [0.15, 0.2) is 0 Å². The van der Waals surface area contributed by atoms with Crippen molar-refractivity contribution in [1.29, 1.82) is 0 Å². The van der Waals surface area contributed by atoms with Crippen molar-refractivity contribution in [3.8, 4) is 0 Å². The topological polar surface area (TPSA) is 26.0 Å². The van der Waals surface area contributed by atoms with Crippen molar-refractivity contribution in [2.24, 2.45) is 5.73 Å². The van der Waals surface area contributed by atoms with Gasteiger partial charge < -0.3 is 5.73 Å². The molecule has 0 spiro atoms. The van der Waals surface area contributed by atoms with E-state index in [4.69, 9.17) is 5.73 Å². The minimum Gasteiger partial charge on any atom is -0.330 e. The van der Waals surface area contributed by atoms with E-state index in [0.29, 0.717) is 0 Å². The highest BCUT2D eigenvalue weighted by atomic mass is 14.5.